The molecule has 0 spiro atoms. The van der Waals surface area contributed by atoms with Gasteiger partial charge in [-0.15, -0.1) is 0 Å². The minimum atomic E-state index is -5.65. The third-order valence-electron chi connectivity index (χ3n) is 6.95. The average Bonchev–Trinajstić information content (AvgIpc) is 3.05. The van der Waals surface area contributed by atoms with E-state index in [-0.39, 0.29) is 23.0 Å². The molecule has 1 aromatic rings. The van der Waals surface area contributed by atoms with Crippen molar-refractivity contribution in [3.8, 4) is 0 Å². The van der Waals surface area contributed by atoms with E-state index in [0.717, 1.165) is 30.6 Å². The van der Waals surface area contributed by atoms with Gasteiger partial charge in [-0.1, -0.05) is 32.0 Å². The van der Waals surface area contributed by atoms with Crippen LogP contribution in [0.4, 0.5) is 13.2 Å². The molecular weight excluding hydrogens is 449 g/mol. The van der Waals surface area contributed by atoms with E-state index in [1.807, 2.05) is 37.3 Å². The van der Waals surface area contributed by atoms with E-state index in [2.05, 4.69) is 11.1 Å². The van der Waals surface area contributed by atoms with Gasteiger partial charge in [0.1, 0.15) is 5.76 Å². The first-order valence-corrected chi connectivity index (χ1v) is 13.3. The van der Waals surface area contributed by atoms with Gasteiger partial charge < -0.3 is 4.18 Å². The van der Waals surface area contributed by atoms with Crippen molar-refractivity contribution in [1.82, 2.24) is 0 Å². The fourth-order valence-corrected chi connectivity index (χ4v) is 7.04. The van der Waals surface area contributed by atoms with Crippen LogP contribution in [0.25, 0.3) is 0 Å². The summed E-state index contributed by atoms with van der Waals surface area (Å²) in [6.07, 6.45) is 5.88. The molecule has 0 bridgehead atoms. The van der Waals surface area contributed by atoms with Crippen LogP contribution in [0.2, 0.25) is 0 Å². The first kappa shape index (κ1) is 24.3. The van der Waals surface area contributed by atoms with Crippen LogP contribution in [-0.2, 0) is 25.1 Å². The molecule has 31 heavy (non-hydrogen) atoms. The van der Waals surface area contributed by atoms with Gasteiger partial charge in [-0.05, 0) is 74.0 Å². The van der Waals surface area contributed by atoms with Crippen LogP contribution in [-0.4, -0.2) is 23.9 Å². The lowest BCUT2D eigenvalue weighted by Gasteiger charge is -2.42. The Kier molecular flexibility index (Phi) is 7.25. The van der Waals surface area contributed by atoms with Crippen molar-refractivity contribution >= 4 is 20.9 Å². The lowest BCUT2D eigenvalue weighted by molar-refractivity contribution is -0.0536. The van der Waals surface area contributed by atoms with Gasteiger partial charge in [0.25, 0.3) is 0 Å². The smallest absolute Gasteiger partial charge is 0.381 e. The number of allylic oxidation sites excluding steroid dienone is 2. The minimum Gasteiger partial charge on any atom is -0.381 e. The van der Waals surface area contributed by atoms with Crippen molar-refractivity contribution in [2.45, 2.75) is 62.8 Å². The molecule has 1 unspecified atom stereocenters. The van der Waals surface area contributed by atoms with Gasteiger partial charge in [0.05, 0.1) is 10.8 Å². The summed E-state index contributed by atoms with van der Waals surface area (Å²) in [5.74, 6) is 0.736. The van der Waals surface area contributed by atoms with Crippen molar-refractivity contribution in [1.29, 1.82) is 0 Å². The first-order valence-electron chi connectivity index (χ1n) is 10.6. The first-order chi connectivity index (χ1) is 14.5. The Morgan fingerprint density at radius 1 is 1.23 bits per heavy atom. The van der Waals surface area contributed by atoms with E-state index in [4.69, 9.17) is 0 Å². The number of benzene rings is 1. The molecule has 1 saturated carbocycles. The number of fused-ring (bicyclic) bond motifs is 1. The number of rotatable bonds is 8. The summed E-state index contributed by atoms with van der Waals surface area (Å²) in [7, 11) is -6.70. The van der Waals surface area contributed by atoms with Gasteiger partial charge in [0.15, 0.2) is 0 Å². The van der Waals surface area contributed by atoms with Gasteiger partial charge >= 0.3 is 15.6 Å². The van der Waals surface area contributed by atoms with Crippen molar-refractivity contribution in [3.63, 3.8) is 0 Å². The molecule has 2 aliphatic carbocycles. The lowest BCUT2D eigenvalue weighted by Crippen LogP contribution is -2.37. The maximum Gasteiger partial charge on any atom is 0.534 e. The van der Waals surface area contributed by atoms with Crippen molar-refractivity contribution < 1.29 is 30.0 Å². The second-order valence-corrected chi connectivity index (χ2v) is 12.0. The molecule has 1 aromatic carbocycles. The van der Waals surface area contributed by atoms with Crippen LogP contribution in [0, 0.1) is 23.2 Å². The summed E-state index contributed by atoms with van der Waals surface area (Å²) in [6, 6.07) is 9.33. The largest absolute Gasteiger partial charge is 0.534 e. The Morgan fingerprint density at radius 3 is 2.55 bits per heavy atom. The van der Waals surface area contributed by atoms with Crippen LogP contribution in [0.15, 0.2) is 47.1 Å². The zero-order valence-electron chi connectivity index (χ0n) is 17.7. The zero-order valence-corrected chi connectivity index (χ0v) is 19.4. The predicted octanol–water partition coefficient (Wildman–Crippen LogP) is 5.79. The van der Waals surface area contributed by atoms with Crippen molar-refractivity contribution in [2.75, 3.05) is 5.75 Å². The Bertz CT molecular complexity index is 928. The summed E-state index contributed by atoms with van der Waals surface area (Å²) >= 11 is 0. The highest BCUT2D eigenvalue weighted by atomic mass is 32.2. The number of alkyl halides is 3. The van der Waals surface area contributed by atoms with Crippen LogP contribution in [0.3, 0.4) is 0 Å². The molecule has 0 aliphatic heterocycles. The molecule has 0 N–H and O–H groups in total. The highest BCUT2D eigenvalue weighted by Gasteiger charge is 2.54. The van der Waals surface area contributed by atoms with Gasteiger partial charge in [-0.25, -0.2) is 0 Å². The zero-order chi connectivity index (χ0) is 22.9. The predicted molar refractivity (Wildman–Crippen MR) is 114 cm³/mol. The Labute approximate surface area is 184 Å². The number of hydrogen-bond donors (Lipinski definition) is 0. The highest BCUT2D eigenvalue weighted by molar-refractivity contribution is 7.87. The molecule has 0 heterocycles. The van der Waals surface area contributed by atoms with E-state index < -0.39 is 26.4 Å². The Balaban J connectivity index is 1.62. The third-order valence-corrected chi connectivity index (χ3v) is 9.39. The lowest BCUT2D eigenvalue weighted by atomic mass is 9.63. The van der Waals surface area contributed by atoms with Gasteiger partial charge in [0.2, 0.25) is 0 Å². The monoisotopic (exact) mass is 478 g/mol. The third kappa shape index (κ3) is 5.18. The van der Waals surface area contributed by atoms with Crippen molar-refractivity contribution in [2.24, 2.45) is 23.2 Å². The van der Waals surface area contributed by atoms with E-state index in [9.17, 15) is 25.8 Å². The van der Waals surface area contributed by atoms with Gasteiger partial charge in [-0.3, -0.25) is 4.21 Å². The van der Waals surface area contributed by atoms with E-state index >= 15 is 0 Å². The Morgan fingerprint density at radius 2 is 1.90 bits per heavy atom. The van der Waals surface area contributed by atoms with Gasteiger partial charge in [-0.2, -0.15) is 21.6 Å². The molecule has 1 fully saturated rings. The molecule has 2 aliphatic rings. The van der Waals surface area contributed by atoms with Crippen LogP contribution in [0.5, 0.6) is 0 Å². The molecule has 3 rings (SSSR count). The van der Waals surface area contributed by atoms with E-state index in [1.165, 1.54) is 6.08 Å². The minimum absolute atomic E-state index is 0.0500. The normalized spacial score (nSPS) is 28.5. The van der Waals surface area contributed by atoms with Crippen LogP contribution < -0.4 is 0 Å². The second kappa shape index (κ2) is 9.25. The summed E-state index contributed by atoms with van der Waals surface area (Å²) in [5.41, 5.74) is -5.73. The number of hydrogen-bond acceptors (Lipinski definition) is 4. The maximum atomic E-state index is 12.8. The summed E-state index contributed by atoms with van der Waals surface area (Å²) in [5, 5.41) is 0. The van der Waals surface area contributed by atoms with Crippen LogP contribution >= 0.6 is 0 Å². The fraction of sp³-hybridized carbons (Fsp3) is 0.636. The molecule has 0 aromatic heterocycles. The summed E-state index contributed by atoms with van der Waals surface area (Å²) in [4.78, 5) is 0.813. The molecule has 9 heteroatoms. The molecule has 0 amide bonds. The molecule has 0 radical (unpaired) electrons. The van der Waals surface area contributed by atoms with Crippen LogP contribution in [0.1, 0.15) is 52.4 Å². The van der Waals surface area contributed by atoms with Crippen molar-refractivity contribution in [3.05, 3.63) is 42.2 Å². The molecule has 0 saturated heterocycles. The quantitative estimate of drug-likeness (QED) is 0.351. The van der Waals surface area contributed by atoms with E-state index in [1.54, 1.807) is 0 Å². The van der Waals surface area contributed by atoms with E-state index in [0.29, 0.717) is 24.5 Å². The standard InChI is InChI=1S/C22H29F3O4S2/c1-16(8-7-15-30(26)17-9-4-3-5-10-17)18-12-13-19-20(11-6-14-21(18,19)2)29-31(27,28)22(23,24)25/h3-5,9-11,16,18-19H,6-8,12-15H2,1-2H3/t16-,18-,19+,21-,30?/m1/s1. The summed E-state index contributed by atoms with van der Waals surface area (Å²) < 4.78 is 78.5. The molecule has 5 atom stereocenters. The molecular formula is C22H29F3O4S2. The topological polar surface area (TPSA) is 60.4 Å². The maximum absolute atomic E-state index is 12.8. The average molecular weight is 479 g/mol. The molecule has 4 nitrogen and oxygen atoms in total. The Hall–Kier alpha value is -1.35. The fourth-order valence-electron chi connectivity index (χ4n) is 5.39. The molecule has 174 valence electrons. The summed E-state index contributed by atoms with van der Waals surface area (Å²) in [6.45, 7) is 4.18. The second-order valence-electron chi connectivity index (χ2n) is 8.85. The SMILES string of the molecule is C[C@H](CCCS(=O)c1ccccc1)[C@H]1CC[C@H]2C(OS(=O)(=O)C(F)(F)F)=CCC[C@]12C. The highest BCUT2D eigenvalue weighted by Crippen LogP contribution is 2.59. The number of halogens is 3. The van der Waals surface area contributed by atoms with Gasteiger partial charge in [0, 0.05) is 16.6 Å².